The summed E-state index contributed by atoms with van der Waals surface area (Å²) in [6.45, 7) is 2.58. The quantitative estimate of drug-likeness (QED) is 0.548. The van der Waals surface area contributed by atoms with Gasteiger partial charge < -0.3 is 4.84 Å². The third-order valence-corrected chi connectivity index (χ3v) is 4.03. The summed E-state index contributed by atoms with van der Waals surface area (Å²) in [5.41, 5.74) is 5.31. The van der Waals surface area contributed by atoms with Crippen LogP contribution in [0.4, 0.5) is 0 Å². The molecule has 0 radical (unpaired) electrons. The van der Waals surface area contributed by atoms with Crippen LogP contribution in [0.15, 0.2) is 78.9 Å². The van der Waals surface area contributed by atoms with Gasteiger partial charge in [0.1, 0.15) is 12.1 Å². The molecule has 0 aliphatic heterocycles. The molecule has 0 fully saturated rings. The molecule has 0 bridgehead atoms. The van der Waals surface area contributed by atoms with Crippen LogP contribution >= 0.6 is 0 Å². The minimum Gasteiger partial charge on any atom is -0.407 e. The Balaban J connectivity index is 1.77. The number of aryl methyl sites for hydroxylation is 1. The summed E-state index contributed by atoms with van der Waals surface area (Å²) in [7, 11) is 0. The maximum atomic E-state index is 6.12. The van der Waals surface area contributed by atoms with E-state index in [2.05, 4.69) is 43.3 Å². The summed E-state index contributed by atoms with van der Waals surface area (Å²) in [5.74, 6) is 0.826. The highest BCUT2D eigenvalue weighted by atomic mass is 16.7. The van der Waals surface area contributed by atoms with Gasteiger partial charge in [0, 0.05) is 5.56 Å². The van der Waals surface area contributed by atoms with Crippen molar-refractivity contribution >= 4 is 11.0 Å². The number of imidazole rings is 1. The van der Waals surface area contributed by atoms with E-state index < -0.39 is 0 Å². The zero-order valence-electron chi connectivity index (χ0n) is 13.5. The first-order valence-corrected chi connectivity index (χ1v) is 8.03. The van der Waals surface area contributed by atoms with Crippen LogP contribution in [0, 0.1) is 6.92 Å². The van der Waals surface area contributed by atoms with Gasteiger partial charge in [0.2, 0.25) is 0 Å². The number of nitrogens with zero attached hydrogens (tertiary/aromatic N) is 2. The topological polar surface area (TPSA) is 27.1 Å². The summed E-state index contributed by atoms with van der Waals surface area (Å²) in [4.78, 5) is 10.9. The van der Waals surface area contributed by atoms with Crippen molar-refractivity contribution in [2.24, 2.45) is 0 Å². The highest BCUT2D eigenvalue weighted by molar-refractivity contribution is 5.80. The monoisotopic (exact) mass is 314 g/mol. The van der Waals surface area contributed by atoms with Crippen molar-refractivity contribution in [2.45, 2.75) is 13.5 Å². The second-order valence-corrected chi connectivity index (χ2v) is 5.84. The van der Waals surface area contributed by atoms with Crippen molar-refractivity contribution in [1.82, 2.24) is 9.71 Å². The molecular weight excluding hydrogens is 296 g/mol. The molecule has 0 aliphatic rings. The van der Waals surface area contributed by atoms with Crippen LogP contribution in [-0.4, -0.2) is 9.71 Å². The van der Waals surface area contributed by atoms with Gasteiger partial charge in [0.05, 0.1) is 5.52 Å². The fourth-order valence-electron chi connectivity index (χ4n) is 2.73. The van der Waals surface area contributed by atoms with Crippen LogP contribution in [0.5, 0.6) is 0 Å². The normalized spacial score (nSPS) is 10.9. The predicted octanol–water partition coefficient (Wildman–Crippen LogP) is 4.64. The third-order valence-electron chi connectivity index (χ3n) is 4.03. The number of rotatable bonds is 4. The summed E-state index contributed by atoms with van der Waals surface area (Å²) in [6, 6.07) is 26.6. The maximum absolute atomic E-state index is 6.12. The van der Waals surface area contributed by atoms with Crippen LogP contribution in [0.2, 0.25) is 0 Å². The number of hydrogen-bond donors (Lipinski definition) is 0. The molecule has 0 saturated heterocycles. The van der Waals surface area contributed by atoms with E-state index >= 15 is 0 Å². The zero-order valence-corrected chi connectivity index (χ0v) is 13.5. The Labute approximate surface area is 141 Å². The van der Waals surface area contributed by atoms with Gasteiger partial charge in [-0.25, -0.2) is 4.98 Å². The molecular formula is C21H18N2O. The molecule has 4 aromatic rings. The highest BCUT2D eigenvalue weighted by Gasteiger charge is 2.13. The Morgan fingerprint density at radius 1 is 0.833 bits per heavy atom. The van der Waals surface area contributed by atoms with Gasteiger partial charge in [-0.2, -0.15) is 4.73 Å². The molecule has 3 nitrogen and oxygen atoms in total. The summed E-state index contributed by atoms with van der Waals surface area (Å²) in [6.07, 6.45) is 0. The molecule has 0 saturated carbocycles. The lowest BCUT2D eigenvalue weighted by Crippen LogP contribution is -2.12. The summed E-state index contributed by atoms with van der Waals surface area (Å²) >= 11 is 0. The molecule has 0 N–H and O–H groups in total. The van der Waals surface area contributed by atoms with Gasteiger partial charge in [-0.3, -0.25) is 0 Å². The molecule has 24 heavy (non-hydrogen) atoms. The largest absolute Gasteiger partial charge is 0.407 e. The minimum atomic E-state index is 0.500. The van der Waals surface area contributed by atoms with Gasteiger partial charge in [0.15, 0.2) is 5.82 Å². The maximum Gasteiger partial charge on any atom is 0.176 e. The van der Waals surface area contributed by atoms with Gasteiger partial charge in [-0.15, -0.1) is 0 Å². The highest BCUT2D eigenvalue weighted by Crippen LogP contribution is 2.24. The SMILES string of the molecule is Cc1ccc(-c2nc3ccccc3n2OCc2ccccc2)cc1. The van der Waals surface area contributed by atoms with Crippen molar-refractivity contribution in [3.63, 3.8) is 0 Å². The van der Waals surface area contributed by atoms with E-state index in [1.54, 1.807) is 0 Å². The second-order valence-electron chi connectivity index (χ2n) is 5.84. The van der Waals surface area contributed by atoms with E-state index in [4.69, 9.17) is 9.82 Å². The van der Waals surface area contributed by atoms with E-state index in [0.29, 0.717) is 6.61 Å². The number of benzene rings is 3. The fourth-order valence-corrected chi connectivity index (χ4v) is 2.73. The first-order valence-electron chi connectivity index (χ1n) is 8.03. The molecule has 0 unspecified atom stereocenters. The first-order chi connectivity index (χ1) is 11.8. The van der Waals surface area contributed by atoms with E-state index in [-0.39, 0.29) is 0 Å². The predicted molar refractivity (Wildman–Crippen MR) is 96.6 cm³/mol. The Kier molecular flexibility index (Phi) is 3.75. The Hall–Kier alpha value is -3.07. The number of aromatic nitrogens is 2. The van der Waals surface area contributed by atoms with Crippen LogP contribution in [0.25, 0.3) is 22.4 Å². The molecule has 4 rings (SSSR count). The Morgan fingerprint density at radius 2 is 1.54 bits per heavy atom. The Bertz CT molecular complexity index is 956. The van der Waals surface area contributed by atoms with Crippen LogP contribution in [0.3, 0.4) is 0 Å². The van der Waals surface area contributed by atoms with E-state index in [1.807, 2.05) is 47.2 Å². The number of para-hydroxylation sites is 2. The van der Waals surface area contributed by atoms with Crippen LogP contribution in [0.1, 0.15) is 11.1 Å². The summed E-state index contributed by atoms with van der Waals surface area (Å²) < 4.78 is 1.84. The molecule has 3 heteroatoms. The first kappa shape index (κ1) is 14.5. The van der Waals surface area contributed by atoms with Gasteiger partial charge in [-0.05, 0) is 24.6 Å². The standard InChI is InChI=1S/C21H18N2O/c1-16-11-13-18(14-12-16)21-22-19-9-5-6-10-20(19)23(21)24-15-17-7-3-2-4-8-17/h2-14H,15H2,1H3. The lowest BCUT2D eigenvalue weighted by molar-refractivity contribution is 0.110. The molecule has 0 amide bonds. The molecule has 118 valence electrons. The molecule has 1 heterocycles. The van der Waals surface area contributed by atoms with Gasteiger partial charge in [0.25, 0.3) is 0 Å². The van der Waals surface area contributed by atoms with Crippen molar-refractivity contribution in [3.05, 3.63) is 90.0 Å². The lowest BCUT2D eigenvalue weighted by Gasteiger charge is -2.11. The molecule has 3 aromatic carbocycles. The van der Waals surface area contributed by atoms with Crippen molar-refractivity contribution in [1.29, 1.82) is 0 Å². The zero-order chi connectivity index (χ0) is 16.4. The van der Waals surface area contributed by atoms with Crippen LogP contribution < -0.4 is 4.84 Å². The summed E-state index contributed by atoms with van der Waals surface area (Å²) in [5, 5.41) is 0. The van der Waals surface area contributed by atoms with Gasteiger partial charge >= 0.3 is 0 Å². The van der Waals surface area contributed by atoms with E-state index in [9.17, 15) is 0 Å². The van der Waals surface area contributed by atoms with Crippen molar-refractivity contribution in [2.75, 3.05) is 0 Å². The third kappa shape index (κ3) is 2.76. The van der Waals surface area contributed by atoms with Crippen LogP contribution in [-0.2, 0) is 6.61 Å². The Morgan fingerprint density at radius 3 is 2.33 bits per heavy atom. The molecule has 0 aliphatic carbocycles. The molecule has 1 aromatic heterocycles. The van der Waals surface area contributed by atoms with E-state index in [1.165, 1.54) is 5.56 Å². The minimum absolute atomic E-state index is 0.500. The van der Waals surface area contributed by atoms with Crippen molar-refractivity contribution < 1.29 is 4.84 Å². The second kappa shape index (κ2) is 6.20. The van der Waals surface area contributed by atoms with E-state index in [0.717, 1.165) is 28.0 Å². The lowest BCUT2D eigenvalue weighted by atomic mass is 10.1. The fraction of sp³-hybridized carbons (Fsp3) is 0.0952. The number of fused-ring (bicyclic) bond motifs is 1. The molecule has 0 atom stereocenters. The number of hydrogen-bond acceptors (Lipinski definition) is 2. The molecule has 0 spiro atoms. The smallest absolute Gasteiger partial charge is 0.176 e. The average molecular weight is 314 g/mol. The van der Waals surface area contributed by atoms with Crippen molar-refractivity contribution in [3.8, 4) is 11.4 Å². The average Bonchev–Trinajstić information content (AvgIpc) is 3.00. The van der Waals surface area contributed by atoms with Gasteiger partial charge in [-0.1, -0.05) is 72.3 Å².